The highest BCUT2D eigenvalue weighted by molar-refractivity contribution is 9.10. The Morgan fingerprint density at radius 1 is 1.00 bits per heavy atom. The van der Waals surface area contributed by atoms with Gasteiger partial charge < -0.3 is 5.32 Å². The molecule has 0 atom stereocenters. The fraction of sp³-hybridized carbons (Fsp3) is 0.286. The molecule has 0 saturated heterocycles. The molecule has 0 saturated carbocycles. The maximum atomic E-state index is 12.5. The van der Waals surface area contributed by atoms with Gasteiger partial charge in [-0.25, -0.2) is 0 Å². The van der Waals surface area contributed by atoms with E-state index in [2.05, 4.69) is 63.5 Å². The van der Waals surface area contributed by atoms with Crippen molar-refractivity contribution in [2.75, 3.05) is 11.1 Å². The van der Waals surface area contributed by atoms with E-state index in [0.29, 0.717) is 5.16 Å². The number of anilines is 1. The number of carbonyl (C=O) groups is 1. The van der Waals surface area contributed by atoms with Crippen molar-refractivity contribution in [1.29, 1.82) is 0 Å². The van der Waals surface area contributed by atoms with Crippen LogP contribution in [0.4, 0.5) is 5.69 Å². The van der Waals surface area contributed by atoms with Crippen LogP contribution in [0.3, 0.4) is 0 Å². The summed E-state index contributed by atoms with van der Waals surface area (Å²) in [4.78, 5) is 12.5. The highest BCUT2D eigenvalue weighted by Crippen LogP contribution is 2.27. The molecule has 5 nitrogen and oxygen atoms in total. The average Bonchev–Trinajstić information content (AvgIpc) is 2.99. The van der Waals surface area contributed by atoms with Crippen LogP contribution in [-0.4, -0.2) is 26.4 Å². The standard InChI is InChI=1S/C21H23BrN4OS/c1-12-6-7-18(10-13(12)2)26-16(5)24-25-21(26)28-11-19(27)23-20-14(3)8-17(22)9-15(20)4/h6-10H,11H2,1-5H3,(H,23,27). The van der Waals surface area contributed by atoms with Crippen molar-refractivity contribution < 1.29 is 4.79 Å². The van der Waals surface area contributed by atoms with Crippen LogP contribution in [0.15, 0.2) is 40.0 Å². The van der Waals surface area contributed by atoms with Gasteiger partial charge in [0.15, 0.2) is 5.16 Å². The predicted octanol–water partition coefficient (Wildman–Crippen LogP) is 5.30. The molecule has 0 fully saturated rings. The molecule has 1 amide bonds. The highest BCUT2D eigenvalue weighted by atomic mass is 79.9. The van der Waals surface area contributed by atoms with Crippen LogP contribution in [0.2, 0.25) is 0 Å². The molecular weight excluding hydrogens is 436 g/mol. The number of hydrogen-bond acceptors (Lipinski definition) is 4. The molecule has 7 heteroatoms. The Labute approximate surface area is 178 Å². The van der Waals surface area contributed by atoms with Crippen LogP contribution >= 0.6 is 27.7 Å². The summed E-state index contributed by atoms with van der Waals surface area (Å²) in [6, 6.07) is 10.2. The molecule has 1 N–H and O–H groups in total. The van der Waals surface area contributed by atoms with Crippen LogP contribution in [0.5, 0.6) is 0 Å². The lowest BCUT2D eigenvalue weighted by Crippen LogP contribution is -2.16. The number of aryl methyl sites for hydroxylation is 5. The van der Waals surface area contributed by atoms with Crippen LogP contribution in [0, 0.1) is 34.6 Å². The fourth-order valence-electron chi connectivity index (χ4n) is 3.01. The van der Waals surface area contributed by atoms with E-state index in [0.717, 1.165) is 32.8 Å². The second-order valence-electron chi connectivity index (χ2n) is 6.89. The topological polar surface area (TPSA) is 59.8 Å². The van der Waals surface area contributed by atoms with Gasteiger partial charge in [-0.1, -0.05) is 33.8 Å². The Hall–Kier alpha value is -2.12. The van der Waals surface area contributed by atoms with E-state index in [1.807, 2.05) is 37.5 Å². The van der Waals surface area contributed by atoms with Crippen molar-refractivity contribution in [3.8, 4) is 5.69 Å². The third kappa shape index (κ3) is 4.47. The van der Waals surface area contributed by atoms with Gasteiger partial charge in [-0.3, -0.25) is 9.36 Å². The maximum Gasteiger partial charge on any atom is 0.234 e. The van der Waals surface area contributed by atoms with Crippen LogP contribution < -0.4 is 5.32 Å². The molecule has 1 heterocycles. The minimum absolute atomic E-state index is 0.0641. The van der Waals surface area contributed by atoms with Gasteiger partial charge in [0.05, 0.1) is 5.75 Å². The van der Waals surface area contributed by atoms with E-state index in [9.17, 15) is 4.79 Å². The van der Waals surface area contributed by atoms with Crippen LogP contribution in [0.25, 0.3) is 5.69 Å². The van der Waals surface area contributed by atoms with Crippen LogP contribution in [-0.2, 0) is 4.79 Å². The lowest BCUT2D eigenvalue weighted by atomic mass is 10.1. The first kappa shape index (κ1) is 20.6. The first-order valence-corrected chi connectivity index (χ1v) is 10.7. The zero-order valence-corrected chi connectivity index (χ0v) is 19.0. The van der Waals surface area contributed by atoms with Gasteiger partial charge in [-0.2, -0.15) is 0 Å². The van der Waals surface area contributed by atoms with E-state index in [-0.39, 0.29) is 11.7 Å². The second-order valence-corrected chi connectivity index (χ2v) is 8.74. The first-order valence-electron chi connectivity index (χ1n) is 8.95. The zero-order chi connectivity index (χ0) is 20.4. The molecule has 0 bridgehead atoms. The number of rotatable bonds is 5. The molecule has 3 aromatic rings. The number of nitrogens with one attached hydrogen (secondary N) is 1. The largest absolute Gasteiger partial charge is 0.325 e. The predicted molar refractivity (Wildman–Crippen MR) is 119 cm³/mol. The third-order valence-corrected chi connectivity index (χ3v) is 6.02. The molecule has 0 radical (unpaired) electrons. The molecule has 146 valence electrons. The molecule has 2 aromatic carbocycles. The third-order valence-electron chi connectivity index (χ3n) is 4.64. The summed E-state index contributed by atoms with van der Waals surface area (Å²) in [5.74, 6) is 0.995. The minimum atomic E-state index is -0.0641. The number of carbonyl (C=O) groups excluding carboxylic acids is 1. The lowest BCUT2D eigenvalue weighted by molar-refractivity contribution is -0.113. The van der Waals surface area contributed by atoms with Gasteiger partial charge >= 0.3 is 0 Å². The number of aromatic nitrogens is 3. The Bertz CT molecular complexity index is 1020. The van der Waals surface area contributed by atoms with Crippen molar-refractivity contribution in [2.24, 2.45) is 0 Å². The number of hydrogen-bond donors (Lipinski definition) is 1. The SMILES string of the molecule is Cc1ccc(-n2c(C)nnc2SCC(=O)Nc2c(C)cc(Br)cc2C)cc1C. The molecule has 0 aliphatic carbocycles. The smallest absolute Gasteiger partial charge is 0.234 e. The lowest BCUT2D eigenvalue weighted by Gasteiger charge is -2.13. The number of halogens is 1. The fourth-order valence-corrected chi connectivity index (χ4v) is 4.50. The summed E-state index contributed by atoms with van der Waals surface area (Å²) < 4.78 is 2.99. The Kier molecular flexibility index (Phi) is 6.25. The average molecular weight is 459 g/mol. The minimum Gasteiger partial charge on any atom is -0.325 e. The van der Waals surface area contributed by atoms with Gasteiger partial charge in [-0.15, -0.1) is 10.2 Å². The van der Waals surface area contributed by atoms with Gasteiger partial charge in [0, 0.05) is 15.8 Å². The summed E-state index contributed by atoms with van der Waals surface area (Å²) in [6.07, 6.45) is 0. The van der Waals surface area contributed by atoms with E-state index in [1.165, 1.54) is 22.9 Å². The van der Waals surface area contributed by atoms with Crippen LogP contribution in [0.1, 0.15) is 28.1 Å². The monoisotopic (exact) mass is 458 g/mol. The van der Waals surface area contributed by atoms with Crippen molar-refractivity contribution in [1.82, 2.24) is 14.8 Å². The molecule has 1 aromatic heterocycles. The molecule has 0 spiro atoms. The Morgan fingerprint density at radius 2 is 1.68 bits per heavy atom. The van der Waals surface area contributed by atoms with E-state index in [4.69, 9.17) is 0 Å². The normalized spacial score (nSPS) is 10.9. The molecule has 0 aliphatic rings. The molecule has 3 rings (SSSR count). The number of thioether (sulfide) groups is 1. The summed E-state index contributed by atoms with van der Waals surface area (Å²) >= 11 is 4.86. The summed E-state index contributed by atoms with van der Waals surface area (Å²) in [6.45, 7) is 10.1. The van der Waals surface area contributed by atoms with Gasteiger partial charge in [-0.05, 0) is 81.1 Å². The first-order chi connectivity index (χ1) is 13.3. The maximum absolute atomic E-state index is 12.5. The van der Waals surface area contributed by atoms with E-state index < -0.39 is 0 Å². The van der Waals surface area contributed by atoms with Crippen molar-refractivity contribution in [2.45, 2.75) is 39.8 Å². The number of nitrogens with zero attached hydrogens (tertiary/aromatic N) is 3. The van der Waals surface area contributed by atoms with Crippen molar-refractivity contribution in [3.63, 3.8) is 0 Å². The number of benzene rings is 2. The molecule has 28 heavy (non-hydrogen) atoms. The molecule has 0 unspecified atom stereocenters. The Balaban J connectivity index is 1.75. The van der Waals surface area contributed by atoms with Gasteiger partial charge in [0.25, 0.3) is 0 Å². The van der Waals surface area contributed by atoms with E-state index >= 15 is 0 Å². The highest BCUT2D eigenvalue weighted by Gasteiger charge is 2.15. The quantitative estimate of drug-likeness (QED) is 0.526. The number of amides is 1. The zero-order valence-electron chi connectivity index (χ0n) is 16.6. The summed E-state index contributed by atoms with van der Waals surface area (Å²) in [5.41, 5.74) is 6.37. The van der Waals surface area contributed by atoms with Gasteiger partial charge in [0.2, 0.25) is 5.91 Å². The van der Waals surface area contributed by atoms with Gasteiger partial charge in [0.1, 0.15) is 5.82 Å². The Morgan fingerprint density at radius 3 is 2.32 bits per heavy atom. The summed E-state index contributed by atoms with van der Waals surface area (Å²) in [5, 5.41) is 12.2. The van der Waals surface area contributed by atoms with E-state index in [1.54, 1.807) is 0 Å². The van der Waals surface area contributed by atoms with Crippen molar-refractivity contribution in [3.05, 3.63) is 62.9 Å². The summed E-state index contributed by atoms with van der Waals surface area (Å²) in [7, 11) is 0. The second kappa shape index (κ2) is 8.49. The molecule has 0 aliphatic heterocycles. The van der Waals surface area contributed by atoms with Crippen molar-refractivity contribution >= 4 is 39.3 Å². The molecular formula is C21H23BrN4OS.